The number of nitrogens with one attached hydrogen (secondary N) is 2. The first-order valence-electron chi connectivity index (χ1n) is 13.8. The highest BCUT2D eigenvalue weighted by Crippen LogP contribution is 2.37. The third kappa shape index (κ3) is 9.54. The number of esters is 1. The minimum absolute atomic E-state index is 0.0954. The molecule has 1 fully saturated rings. The van der Waals surface area contributed by atoms with Crippen LogP contribution in [-0.4, -0.2) is 43.2 Å². The minimum Gasteiger partial charge on any atom is -0.494 e. The Labute approximate surface area is 235 Å². The molecule has 6 N–H and O–H groups in total. The van der Waals surface area contributed by atoms with Gasteiger partial charge < -0.3 is 26.3 Å². The average Bonchev–Trinajstić information content (AvgIpc) is 3.52. The third-order valence-electron chi connectivity index (χ3n) is 6.75. The quantitative estimate of drug-likeness (QED) is 0.171. The van der Waals surface area contributed by atoms with Crippen LogP contribution in [0.2, 0.25) is 0 Å². The molecule has 10 heteroatoms. The molecule has 3 rings (SSSR count). The molecule has 1 atom stereocenters. The normalized spacial score (nSPS) is 14.4. The van der Waals surface area contributed by atoms with Crippen LogP contribution in [0, 0.1) is 12.8 Å². The average molecular weight is 559 g/mol. The second kappa shape index (κ2) is 14.9. The first-order chi connectivity index (χ1) is 18.6. The highest BCUT2D eigenvalue weighted by molar-refractivity contribution is 7.20. The number of thiophene rings is 1. The number of anilines is 1. The predicted molar refractivity (Wildman–Crippen MR) is 155 cm³/mol. The van der Waals surface area contributed by atoms with Crippen molar-refractivity contribution in [3.8, 4) is 16.2 Å². The van der Waals surface area contributed by atoms with Gasteiger partial charge in [-0.15, -0.1) is 11.3 Å². The zero-order valence-corrected chi connectivity index (χ0v) is 24.0. The van der Waals surface area contributed by atoms with E-state index in [4.69, 9.17) is 20.9 Å². The summed E-state index contributed by atoms with van der Waals surface area (Å²) >= 11 is 1.24. The number of amides is 3. The number of nitrogens with two attached hydrogens (primary N) is 2. The maximum absolute atomic E-state index is 12.6. The van der Waals surface area contributed by atoms with Gasteiger partial charge >= 0.3 is 12.0 Å². The molecule has 0 saturated heterocycles. The number of carbonyl (C=O) groups excluding carboxylic acids is 3. The van der Waals surface area contributed by atoms with Crippen molar-refractivity contribution in [2.45, 2.75) is 84.3 Å². The SMILES string of the molecule is Cc1cc(OCCCCCNC(CC(C)C)C(=O)OC2CCCC2)ccc1-c1cc(C(N)=O)c(NC(N)=O)s1. The molecule has 1 saturated carbocycles. The summed E-state index contributed by atoms with van der Waals surface area (Å²) in [6.07, 6.45) is 7.99. The van der Waals surface area contributed by atoms with E-state index < -0.39 is 11.9 Å². The van der Waals surface area contributed by atoms with Crippen LogP contribution in [0.25, 0.3) is 10.4 Å². The van der Waals surface area contributed by atoms with E-state index in [-0.39, 0.29) is 23.7 Å². The fourth-order valence-electron chi connectivity index (χ4n) is 4.77. The number of carbonyl (C=O) groups is 3. The maximum Gasteiger partial charge on any atom is 0.323 e. The second-order valence-corrected chi connectivity index (χ2v) is 11.6. The van der Waals surface area contributed by atoms with Gasteiger partial charge in [0.05, 0.1) is 12.2 Å². The molecule has 2 aromatic rings. The molecular formula is C29H42N4O5S. The van der Waals surface area contributed by atoms with Crippen molar-refractivity contribution in [1.29, 1.82) is 0 Å². The number of aryl methyl sites for hydroxylation is 1. The van der Waals surface area contributed by atoms with Crippen molar-refractivity contribution in [2.75, 3.05) is 18.5 Å². The molecule has 0 aliphatic heterocycles. The van der Waals surface area contributed by atoms with E-state index in [9.17, 15) is 14.4 Å². The van der Waals surface area contributed by atoms with Crippen LogP contribution in [0.5, 0.6) is 5.75 Å². The molecule has 0 bridgehead atoms. The predicted octanol–water partition coefficient (Wildman–Crippen LogP) is 5.35. The zero-order chi connectivity index (χ0) is 28.4. The molecule has 1 aromatic heterocycles. The lowest BCUT2D eigenvalue weighted by Crippen LogP contribution is -2.40. The number of unbranched alkanes of at least 4 members (excludes halogenated alkanes) is 2. The number of hydrogen-bond donors (Lipinski definition) is 4. The Balaban J connectivity index is 1.42. The van der Waals surface area contributed by atoms with E-state index in [1.165, 1.54) is 11.3 Å². The Morgan fingerprint density at radius 1 is 1.08 bits per heavy atom. The van der Waals surface area contributed by atoms with Crippen LogP contribution in [0.4, 0.5) is 9.80 Å². The molecule has 1 aliphatic carbocycles. The summed E-state index contributed by atoms with van der Waals surface area (Å²) < 4.78 is 11.7. The van der Waals surface area contributed by atoms with Crippen LogP contribution in [0.3, 0.4) is 0 Å². The Morgan fingerprint density at radius 3 is 2.46 bits per heavy atom. The number of urea groups is 1. The van der Waals surface area contributed by atoms with Gasteiger partial charge in [-0.3, -0.25) is 14.9 Å². The molecular weight excluding hydrogens is 516 g/mol. The van der Waals surface area contributed by atoms with E-state index in [2.05, 4.69) is 24.5 Å². The summed E-state index contributed by atoms with van der Waals surface area (Å²) in [6.45, 7) is 7.58. The van der Waals surface area contributed by atoms with E-state index in [0.29, 0.717) is 17.5 Å². The van der Waals surface area contributed by atoms with Gasteiger partial charge in [-0.05, 0) is 106 Å². The van der Waals surface area contributed by atoms with Gasteiger partial charge in [0, 0.05) is 4.88 Å². The van der Waals surface area contributed by atoms with Crippen molar-refractivity contribution >= 4 is 34.2 Å². The number of hydrogen-bond acceptors (Lipinski definition) is 7. The summed E-state index contributed by atoms with van der Waals surface area (Å²) in [5, 5.41) is 6.21. The Morgan fingerprint density at radius 2 is 1.82 bits per heavy atom. The Kier molecular flexibility index (Phi) is 11.6. The summed E-state index contributed by atoms with van der Waals surface area (Å²) in [6, 6.07) is 6.44. The Hall–Kier alpha value is -3.11. The zero-order valence-electron chi connectivity index (χ0n) is 23.2. The van der Waals surface area contributed by atoms with Crippen molar-refractivity contribution < 1.29 is 23.9 Å². The first kappa shape index (κ1) is 30.4. The topological polar surface area (TPSA) is 146 Å². The number of benzene rings is 1. The molecule has 214 valence electrons. The second-order valence-electron chi connectivity index (χ2n) is 10.6. The lowest BCUT2D eigenvalue weighted by Gasteiger charge is -2.21. The van der Waals surface area contributed by atoms with Gasteiger partial charge in [-0.2, -0.15) is 0 Å². The van der Waals surface area contributed by atoms with Gasteiger partial charge in [0.1, 0.15) is 22.9 Å². The maximum atomic E-state index is 12.6. The molecule has 9 nitrogen and oxygen atoms in total. The lowest BCUT2D eigenvalue weighted by molar-refractivity contribution is -0.151. The first-order valence-corrected chi connectivity index (χ1v) is 14.6. The molecule has 1 aromatic carbocycles. The van der Waals surface area contributed by atoms with E-state index in [1.807, 2.05) is 25.1 Å². The number of primary amides is 2. The van der Waals surface area contributed by atoms with Crippen LogP contribution < -0.4 is 26.8 Å². The van der Waals surface area contributed by atoms with E-state index in [1.54, 1.807) is 6.07 Å². The van der Waals surface area contributed by atoms with Crippen LogP contribution in [0.1, 0.15) is 81.1 Å². The highest BCUT2D eigenvalue weighted by atomic mass is 32.1. The summed E-state index contributed by atoms with van der Waals surface area (Å²) in [5.74, 6) is 0.448. The molecule has 39 heavy (non-hydrogen) atoms. The van der Waals surface area contributed by atoms with Crippen LogP contribution >= 0.6 is 11.3 Å². The summed E-state index contributed by atoms with van der Waals surface area (Å²) in [5.41, 5.74) is 12.8. The van der Waals surface area contributed by atoms with Gasteiger partial charge in [-0.25, -0.2) is 4.79 Å². The number of rotatable bonds is 15. The molecule has 1 unspecified atom stereocenters. The van der Waals surface area contributed by atoms with Crippen molar-refractivity contribution in [1.82, 2.24) is 5.32 Å². The molecule has 0 radical (unpaired) electrons. The highest BCUT2D eigenvalue weighted by Gasteiger charge is 2.25. The van der Waals surface area contributed by atoms with E-state index in [0.717, 1.165) is 79.7 Å². The summed E-state index contributed by atoms with van der Waals surface area (Å²) in [4.78, 5) is 36.5. The number of ether oxygens (including phenoxy) is 2. The van der Waals surface area contributed by atoms with Crippen molar-refractivity contribution in [3.63, 3.8) is 0 Å². The van der Waals surface area contributed by atoms with Crippen molar-refractivity contribution in [3.05, 3.63) is 35.4 Å². The fourth-order valence-corrected chi connectivity index (χ4v) is 5.93. The largest absolute Gasteiger partial charge is 0.494 e. The van der Waals surface area contributed by atoms with Gasteiger partial charge in [0.25, 0.3) is 5.91 Å². The van der Waals surface area contributed by atoms with E-state index >= 15 is 0 Å². The molecule has 1 heterocycles. The van der Waals surface area contributed by atoms with Gasteiger partial charge in [-0.1, -0.05) is 13.8 Å². The molecule has 0 spiro atoms. The van der Waals surface area contributed by atoms with Crippen LogP contribution in [0.15, 0.2) is 24.3 Å². The smallest absolute Gasteiger partial charge is 0.323 e. The third-order valence-corrected chi connectivity index (χ3v) is 7.84. The molecule has 3 amide bonds. The van der Waals surface area contributed by atoms with Crippen molar-refractivity contribution in [2.24, 2.45) is 17.4 Å². The minimum atomic E-state index is -0.751. The van der Waals surface area contributed by atoms with Crippen LogP contribution in [-0.2, 0) is 9.53 Å². The standard InChI is InChI=1S/C29H42N4O5S/c1-18(2)15-24(28(35)38-20-9-5-6-10-20)32-13-7-4-8-14-37-21-11-12-22(19(3)16-21)25-17-23(26(30)34)27(39-25)33-29(31)36/h11-12,16-18,20,24,32H,4-10,13-15H2,1-3H3,(H2,30,34)(H3,31,33,36). The lowest BCUT2D eigenvalue weighted by atomic mass is 10.0. The summed E-state index contributed by atoms with van der Waals surface area (Å²) in [7, 11) is 0. The monoisotopic (exact) mass is 558 g/mol. The fraction of sp³-hybridized carbons (Fsp3) is 0.552. The molecule has 1 aliphatic rings. The van der Waals surface area contributed by atoms with Gasteiger partial charge in [0.15, 0.2) is 0 Å². The Bertz CT molecular complexity index is 1130. The van der Waals surface area contributed by atoms with Gasteiger partial charge in [0.2, 0.25) is 0 Å².